The molecule has 0 aliphatic heterocycles. The number of carbonyl (C=O) groups is 1. The van der Waals surface area contributed by atoms with Crippen LogP contribution in [0.25, 0.3) is 0 Å². The summed E-state index contributed by atoms with van der Waals surface area (Å²) in [4.78, 5) is 21.9. The molecule has 0 radical (unpaired) electrons. The first-order valence-corrected chi connectivity index (χ1v) is 11.2. The number of carboxylic acid groups (broad SMARTS) is 1. The lowest BCUT2D eigenvalue weighted by atomic mass is 9.96. The molecule has 0 fully saturated rings. The first-order valence-electron chi connectivity index (χ1n) is 11.2. The maximum absolute atomic E-state index is 11.3. The van der Waals surface area contributed by atoms with Crippen LogP contribution >= 0.6 is 0 Å². The number of nitrogens with one attached hydrogen (secondary N) is 2. The van der Waals surface area contributed by atoms with Crippen LogP contribution in [0.3, 0.4) is 0 Å². The number of anilines is 4. The molecule has 9 heteroatoms. The molecule has 0 aliphatic rings. The van der Waals surface area contributed by atoms with E-state index in [2.05, 4.69) is 44.2 Å². The fraction of sp³-hybridized carbons (Fsp3) is 0.360. The molecule has 3 N–H and O–H groups in total. The van der Waals surface area contributed by atoms with E-state index < -0.39 is 5.97 Å². The molecule has 0 saturated heterocycles. The summed E-state index contributed by atoms with van der Waals surface area (Å²) < 4.78 is 5.32. The van der Waals surface area contributed by atoms with Crippen molar-refractivity contribution < 1.29 is 14.6 Å². The summed E-state index contributed by atoms with van der Waals surface area (Å²) in [6, 6.07) is 13.9. The van der Waals surface area contributed by atoms with Crippen molar-refractivity contribution in [3.05, 3.63) is 53.9 Å². The van der Waals surface area contributed by atoms with Gasteiger partial charge in [0, 0.05) is 19.3 Å². The number of carboxylic acids is 1. The van der Waals surface area contributed by atoms with Gasteiger partial charge in [0.25, 0.3) is 0 Å². The van der Waals surface area contributed by atoms with Crippen molar-refractivity contribution in [3.63, 3.8) is 0 Å². The van der Waals surface area contributed by atoms with Gasteiger partial charge in [0.2, 0.25) is 5.95 Å². The zero-order valence-corrected chi connectivity index (χ0v) is 20.2. The summed E-state index contributed by atoms with van der Waals surface area (Å²) >= 11 is 0. The second-order valence-corrected chi connectivity index (χ2v) is 8.53. The van der Waals surface area contributed by atoms with Crippen LogP contribution in [0.5, 0.6) is 5.75 Å². The summed E-state index contributed by atoms with van der Waals surface area (Å²) in [5, 5.41) is 19.7. The van der Waals surface area contributed by atoms with Crippen molar-refractivity contribution >= 4 is 35.2 Å². The lowest BCUT2D eigenvalue weighted by molar-refractivity contribution is -0.137. The molecule has 0 bridgehead atoms. The molecule has 0 saturated carbocycles. The third-order valence-corrected chi connectivity index (χ3v) is 5.29. The van der Waals surface area contributed by atoms with Crippen LogP contribution < -0.4 is 15.0 Å². The van der Waals surface area contributed by atoms with Crippen LogP contribution in [0.4, 0.5) is 23.0 Å². The van der Waals surface area contributed by atoms with Crippen LogP contribution in [0.1, 0.15) is 44.5 Å². The Hall–Kier alpha value is -3.88. The van der Waals surface area contributed by atoms with Crippen molar-refractivity contribution in [1.82, 2.24) is 15.2 Å². The van der Waals surface area contributed by atoms with Gasteiger partial charge < -0.3 is 20.1 Å². The van der Waals surface area contributed by atoms with Gasteiger partial charge in [-0.05, 0) is 53.8 Å². The monoisotopic (exact) mass is 464 g/mol. The summed E-state index contributed by atoms with van der Waals surface area (Å²) in [5.41, 5.74) is 3.64. The number of rotatable bonds is 11. The molecule has 0 aliphatic carbocycles. The summed E-state index contributed by atoms with van der Waals surface area (Å²) in [6.07, 6.45) is 1.64. The Kier molecular flexibility index (Phi) is 8.24. The SMILES string of the molecule is CN=Cc1nc(Nc2cc([C@H](C)CC(=O)O)ccc2N(CC(C)C)c2ccc(OC)cc2)n[nH]1. The van der Waals surface area contributed by atoms with Crippen molar-refractivity contribution in [1.29, 1.82) is 0 Å². The second-order valence-electron chi connectivity index (χ2n) is 8.53. The van der Waals surface area contributed by atoms with Crippen LogP contribution in [0, 0.1) is 5.92 Å². The van der Waals surface area contributed by atoms with Gasteiger partial charge >= 0.3 is 5.97 Å². The average Bonchev–Trinajstić information content (AvgIpc) is 3.24. The molecule has 0 spiro atoms. The number of aromatic nitrogens is 3. The molecule has 9 nitrogen and oxygen atoms in total. The predicted molar refractivity (Wildman–Crippen MR) is 135 cm³/mol. The van der Waals surface area contributed by atoms with E-state index in [9.17, 15) is 9.90 Å². The van der Waals surface area contributed by atoms with Crippen LogP contribution in [0.15, 0.2) is 47.5 Å². The number of nitrogens with zero attached hydrogens (tertiary/aromatic N) is 4. The Bertz CT molecular complexity index is 1120. The number of aliphatic imine (C=N–C) groups is 1. The topological polar surface area (TPSA) is 116 Å². The predicted octanol–water partition coefficient (Wildman–Crippen LogP) is 4.98. The maximum Gasteiger partial charge on any atom is 0.303 e. The van der Waals surface area contributed by atoms with E-state index in [1.54, 1.807) is 20.4 Å². The largest absolute Gasteiger partial charge is 0.497 e. The van der Waals surface area contributed by atoms with Gasteiger partial charge in [-0.3, -0.25) is 14.9 Å². The molecule has 1 atom stereocenters. The molecule has 0 amide bonds. The highest BCUT2D eigenvalue weighted by Crippen LogP contribution is 2.37. The molecular formula is C25H32N6O3. The van der Waals surface area contributed by atoms with E-state index in [0.717, 1.165) is 34.9 Å². The van der Waals surface area contributed by atoms with Gasteiger partial charge in [-0.25, -0.2) is 0 Å². The Morgan fingerprint density at radius 3 is 2.59 bits per heavy atom. The Balaban J connectivity index is 2.07. The fourth-order valence-corrected chi connectivity index (χ4v) is 3.68. The van der Waals surface area contributed by atoms with E-state index in [-0.39, 0.29) is 12.3 Å². The number of aliphatic carboxylic acids is 1. The molecule has 34 heavy (non-hydrogen) atoms. The van der Waals surface area contributed by atoms with Crippen molar-refractivity contribution in [3.8, 4) is 5.75 Å². The number of H-pyrrole nitrogens is 1. The third kappa shape index (κ3) is 6.34. The summed E-state index contributed by atoms with van der Waals surface area (Å²) in [5.74, 6) is 1.13. The molecule has 3 aromatic rings. The van der Waals surface area contributed by atoms with Crippen molar-refractivity contribution in [2.24, 2.45) is 10.9 Å². The summed E-state index contributed by atoms with van der Waals surface area (Å²) in [7, 11) is 3.31. The van der Waals surface area contributed by atoms with Crippen molar-refractivity contribution in [2.45, 2.75) is 33.1 Å². The lowest BCUT2D eigenvalue weighted by Crippen LogP contribution is -2.23. The number of benzene rings is 2. The maximum atomic E-state index is 11.3. The number of ether oxygens (including phenoxy) is 1. The Morgan fingerprint density at radius 2 is 1.97 bits per heavy atom. The zero-order chi connectivity index (χ0) is 24.7. The van der Waals surface area contributed by atoms with E-state index >= 15 is 0 Å². The van der Waals surface area contributed by atoms with Crippen LogP contribution in [-0.2, 0) is 4.79 Å². The van der Waals surface area contributed by atoms with E-state index in [0.29, 0.717) is 17.7 Å². The Labute approximate surface area is 199 Å². The standard InChI is InChI=1S/C25H32N6O3/c1-16(2)15-31(19-7-9-20(34-5)10-8-19)22-11-6-18(17(3)12-24(32)33)13-21(22)27-25-28-23(14-26-4)29-30-25/h6-11,13-14,16-17H,12,15H2,1-5H3,(H,32,33)(H2,27,28,29,30)/t17-/m1/s1. The first-order chi connectivity index (χ1) is 16.3. The van der Waals surface area contributed by atoms with Crippen molar-refractivity contribution in [2.75, 3.05) is 30.9 Å². The number of aromatic amines is 1. The lowest BCUT2D eigenvalue weighted by Gasteiger charge is -2.29. The number of hydrogen-bond donors (Lipinski definition) is 3. The molecule has 0 unspecified atom stereocenters. The first kappa shape index (κ1) is 24.8. The van der Waals surface area contributed by atoms with Gasteiger partial charge in [-0.2, -0.15) is 4.98 Å². The average molecular weight is 465 g/mol. The smallest absolute Gasteiger partial charge is 0.303 e. The third-order valence-electron chi connectivity index (χ3n) is 5.29. The van der Waals surface area contributed by atoms with E-state index in [4.69, 9.17) is 4.74 Å². The highest BCUT2D eigenvalue weighted by Gasteiger charge is 2.19. The van der Waals surface area contributed by atoms with Gasteiger partial charge in [0.15, 0.2) is 5.82 Å². The molecule has 180 valence electrons. The normalized spacial score (nSPS) is 12.2. The molecule has 3 rings (SSSR count). The van der Waals surface area contributed by atoms with Crippen LogP contribution in [-0.4, -0.2) is 53.2 Å². The number of methoxy groups -OCH3 is 1. The highest BCUT2D eigenvalue weighted by atomic mass is 16.5. The van der Waals surface area contributed by atoms with Gasteiger partial charge in [-0.1, -0.05) is 26.8 Å². The molecule has 2 aromatic carbocycles. The highest BCUT2D eigenvalue weighted by molar-refractivity contribution is 5.81. The molecule has 1 aromatic heterocycles. The zero-order valence-electron chi connectivity index (χ0n) is 20.2. The minimum atomic E-state index is -0.830. The molecule has 1 heterocycles. The van der Waals surface area contributed by atoms with Gasteiger partial charge in [0.1, 0.15) is 5.75 Å². The van der Waals surface area contributed by atoms with Gasteiger partial charge in [0.05, 0.1) is 31.1 Å². The van der Waals surface area contributed by atoms with E-state index in [1.165, 1.54) is 0 Å². The Morgan fingerprint density at radius 1 is 1.24 bits per heavy atom. The minimum Gasteiger partial charge on any atom is -0.497 e. The quantitative estimate of drug-likeness (QED) is 0.343. The fourth-order valence-electron chi connectivity index (χ4n) is 3.68. The minimum absolute atomic E-state index is 0.0464. The van der Waals surface area contributed by atoms with Crippen LogP contribution in [0.2, 0.25) is 0 Å². The number of hydrogen-bond acceptors (Lipinski definition) is 7. The second kappa shape index (κ2) is 11.3. The van der Waals surface area contributed by atoms with Gasteiger partial charge in [-0.15, -0.1) is 5.10 Å². The molecular weight excluding hydrogens is 432 g/mol. The van der Waals surface area contributed by atoms with E-state index in [1.807, 2.05) is 49.4 Å². The summed E-state index contributed by atoms with van der Waals surface area (Å²) in [6.45, 7) is 7.01.